The normalized spacial score (nSPS) is 33.8. The van der Waals surface area contributed by atoms with E-state index in [9.17, 15) is 0 Å². The first-order valence-electron chi connectivity index (χ1n) is 4.32. The summed E-state index contributed by atoms with van der Waals surface area (Å²) in [6, 6.07) is 0. The van der Waals surface area contributed by atoms with Gasteiger partial charge < -0.3 is 11.1 Å². The molecule has 3 N–H and O–H groups in total. The highest BCUT2D eigenvalue weighted by Crippen LogP contribution is 2.41. The summed E-state index contributed by atoms with van der Waals surface area (Å²) < 4.78 is 0. The van der Waals surface area contributed by atoms with Crippen LogP contribution in [0.1, 0.15) is 12.8 Å². The predicted molar refractivity (Wildman–Crippen MR) is 56.1 cm³/mol. The van der Waals surface area contributed by atoms with Crippen molar-refractivity contribution in [2.24, 2.45) is 23.5 Å². The second-order valence-electron chi connectivity index (χ2n) is 3.66. The molecule has 4 heteroatoms. The van der Waals surface area contributed by atoms with Crippen molar-refractivity contribution in [3.05, 3.63) is 0 Å². The average molecular weight is 213 g/mol. The van der Waals surface area contributed by atoms with Crippen molar-refractivity contribution in [3.8, 4) is 0 Å². The predicted octanol–water partition coefficient (Wildman–Crippen LogP) is 1.03. The molecule has 2 unspecified atom stereocenters. The molecule has 1 heterocycles. The van der Waals surface area contributed by atoms with E-state index in [-0.39, 0.29) is 24.8 Å². The Kier molecular flexibility index (Phi) is 5.50. The van der Waals surface area contributed by atoms with Gasteiger partial charge in [0.05, 0.1) is 0 Å². The van der Waals surface area contributed by atoms with E-state index in [2.05, 4.69) is 5.32 Å². The highest BCUT2D eigenvalue weighted by molar-refractivity contribution is 5.85. The Morgan fingerprint density at radius 1 is 1.17 bits per heavy atom. The maximum Gasteiger partial charge on any atom is -0.000510 e. The molecule has 2 nitrogen and oxygen atoms in total. The Bertz CT molecular complexity index is 128. The maximum atomic E-state index is 5.65. The van der Waals surface area contributed by atoms with Gasteiger partial charge in [-0.25, -0.2) is 0 Å². The molecular weight excluding hydrogens is 195 g/mol. The SMILES string of the molecule is Cl.Cl.NCC1CNCC1C1CC1. The van der Waals surface area contributed by atoms with Gasteiger partial charge in [-0.05, 0) is 50.2 Å². The zero-order valence-electron chi connectivity index (χ0n) is 7.16. The number of halogens is 2. The van der Waals surface area contributed by atoms with Gasteiger partial charge in [0.25, 0.3) is 0 Å². The Labute approximate surface area is 86.5 Å². The molecule has 1 aliphatic carbocycles. The molecule has 0 bridgehead atoms. The van der Waals surface area contributed by atoms with E-state index >= 15 is 0 Å². The molecule has 0 aromatic heterocycles. The largest absolute Gasteiger partial charge is 0.330 e. The number of nitrogens with one attached hydrogen (secondary N) is 1. The minimum atomic E-state index is 0. The molecule has 0 aromatic carbocycles. The fraction of sp³-hybridized carbons (Fsp3) is 1.00. The summed E-state index contributed by atoms with van der Waals surface area (Å²) in [6.45, 7) is 3.28. The highest BCUT2D eigenvalue weighted by Gasteiger charge is 2.38. The second-order valence-corrected chi connectivity index (χ2v) is 3.66. The van der Waals surface area contributed by atoms with E-state index in [4.69, 9.17) is 5.73 Å². The van der Waals surface area contributed by atoms with Gasteiger partial charge in [-0.2, -0.15) is 0 Å². The topological polar surface area (TPSA) is 38.0 Å². The van der Waals surface area contributed by atoms with Crippen LogP contribution in [0.5, 0.6) is 0 Å². The van der Waals surface area contributed by atoms with Crippen LogP contribution < -0.4 is 11.1 Å². The number of nitrogens with two attached hydrogens (primary N) is 1. The Morgan fingerprint density at radius 2 is 1.83 bits per heavy atom. The van der Waals surface area contributed by atoms with Gasteiger partial charge in [0.1, 0.15) is 0 Å². The number of hydrogen-bond donors (Lipinski definition) is 2. The van der Waals surface area contributed by atoms with Gasteiger partial charge in [-0.3, -0.25) is 0 Å². The van der Waals surface area contributed by atoms with Crippen molar-refractivity contribution in [3.63, 3.8) is 0 Å². The monoisotopic (exact) mass is 212 g/mol. The quantitative estimate of drug-likeness (QED) is 0.719. The molecule has 2 atom stereocenters. The summed E-state index contributed by atoms with van der Waals surface area (Å²) in [5, 5.41) is 3.41. The van der Waals surface area contributed by atoms with Crippen molar-refractivity contribution in [1.29, 1.82) is 0 Å². The van der Waals surface area contributed by atoms with E-state index in [0.29, 0.717) is 0 Å². The fourth-order valence-corrected chi connectivity index (χ4v) is 2.09. The van der Waals surface area contributed by atoms with Crippen LogP contribution in [0.3, 0.4) is 0 Å². The molecule has 2 fully saturated rings. The lowest BCUT2D eigenvalue weighted by Gasteiger charge is -2.14. The van der Waals surface area contributed by atoms with E-state index in [1.165, 1.54) is 19.4 Å². The molecule has 0 amide bonds. The van der Waals surface area contributed by atoms with Crippen LogP contribution >= 0.6 is 24.8 Å². The molecule has 0 radical (unpaired) electrons. The lowest BCUT2D eigenvalue weighted by atomic mass is 9.92. The summed E-state index contributed by atoms with van der Waals surface area (Å²) in [6.07, 6.45) is 2.92. The van der Waals surface area contributed by atoms with Gasteiger partial charge in [0.15, 0.2) is 0 Å². The van der Waals surface area contributed by atoms with Crippen molar-refractivity contribution in [1.82, 2.24) is 5.32 Å². The van der Waals surface area contributed by atoms with Gasteiger partial charge in [-0.1, -0.05) is 0 Å². The van der Waals surface area contributed by atoms with Crippen LogP contribution in [0.2, 0.25) is 0 Å². The van der Waals surface area contributed by atoms with Crippen molar-refractivity contribution in [2.45, 2.75) is 12.8 Å². The van der Waals surface area contributed by atoms with Crippen LogP contribution in [-0.2, 0) is 0 Å². The van der Waals surface area contributed by atoms with Crippen molar-refractivity contribution in [2.75, 3.05) is 19.6 Å². The first-order valence-corrected chi connectivity index (χ1v) is 4.32. The third-order valence-electron chi connectivity index (χ3n) is 2.92. The Hall–Kier alpha value is 0.500. The molecule has 0 spiro atoms. The van der Waals surface area contributed by atoms with Gasteiger partial charge in [0.2, 0.25) is 0 Å². The van der Waals surface area contributed by atoms with E-state index in [0.717, 1.165) is 30.8 Å². The zero-order valence-corrected chi connectivity index (χ0v) is 8.79. The minimum absolute atomic E-state index is 0. The summed E-state index contributed by atoms with van der Waals surface area (Å²) in [4.78, 5) is 0. The van der Waals surface area contributed by atoms with Gasteiger partial charge >= 0.3 is 0 Å². The summed E-state index contributed by atoms with van der Waals surface area (Å²) >= 11 is 0. The standard InChI is InChI=1S/C8H16N2.2ClH/c9-3-7-4-10-5-8(7)6-1-2-6;;/h6-8,10H,1-5,9H2;2*1H. The molecule has 12 heavy (non-hydrogen) atoms. The second kappa shape index (κ2) is 5.28. The van der Waals surface area contributed by atoms with Gasteiger partial charge in [-0.15, -0.1) is 24.8 Å². The fourth-order valence-electron chi connectivity index (χ4n) is 2.09. The van der Waals surface area contributed by atoms with E-state index in [1.807, 2.05) is 0 Å². The van der Waals surface area contributed by atoms with Crippen LogP contribution in [0.4, 0.5) is 0 Å². The van der Waals surface area contributed by atoms with Crippen molar-refractivity contribution >= 4 is 24.8 Å². The highest BCUT2D eigenvalue weighted by atomic mass is 35.5. The van der Waals surface area contributed by atoms with Crippen molar-refractivity contribution < 1.29 is 0 Å². The van der Waals surface area contributed by atoms with E-state index in [1.54, 1.807) is 0 Å². The third kappa shape index (κ3) is 2.49. The average Bonchev–Trinajstić information content (AvgIpc) is 2.69. The summed E-state index contributed by atoms with van der Waals surface area (Å²) in [5.74, 6) is 2.74. The first-order chi connectivity index (χ1) is 4.92. The molecule has 0 aromatic rings. The minimum Gasteiger partial charge on any atom is -0.330 e. The summed E-state index contributed by atoms with van der Waals surface area (Å²) in [5.41, 5.74) is 5.65. The maximum absolute atomic E-state index is 5.65. The van der Waals surface area contributed by atoms with Crippen LogP contribution in [0.15, 0.2) is 0 Å². The molecule has 1 aliphatic heterocycles. The molecule has 74 valence electrons. The Morgan fingerprint density at radius 3 is 2.33 bits per heavy atom. The lowest BCUT2D eigenvalue weighted by Crippen LogP contribution is -2.23. The number of hydrogen-bond acceptors (Lipinski definition) is 2. The Balaban J connectivity index is 0.000000605. The zero-order chi connectivity index (χ0) is 6.97. The molecule has 2 aliphatic rings. The van der Waals surface area contributed by atoms with Crippen LogP contribution in [-0.4, -0.2) is 19.6 Å². The smallest absolute Gasteiger partial charge is 0.000510 e. The lowest BCUT2D eigenvalue weighted by molar-refractivity contribution is 0.382. The summed E-state index contributed by atoms with van der Waals surface area (Å²) in [7, 11) is 0. The van der Waals surface area contributed by atoms with Crippen LogP contribution in [0, 0.1) is 17.8 Å². The third-order valence-corrected chi connectivity index (χ3v) is 2.92. The molecule has 2 rings (SSSR count). The number of rotatable bonds is 2. The molecular formula is C8H18Cl2N2. The van der Waals surface area contributed by atoms with Crippen LogP contribution in [0.25, 0.3) is 0 Å². The van der Waals surface area contributed by atoms with E-state index < -0.39 is 0 Å². The van der Waals surface area contributed by atoms with Gasteiger partial charge in [0, 0.05) is 0 Å². The molecule has 1 saturated heterocycles. The first kappa shape index (κ1) is 12.5. The molecule has 1 saturated carbocycles.